The van der Waals surface area contributed by atoms with E-state index in [4.69, 9.17) is 5.73 Å². The van der Waals surface area contributed by atoms with Gasteiger partial charge in [0.1, 0.15) is 5.82 Å². The van der Waals surface area contributed by atoms with Crippen LogP contribution in [0, 0.1) is 0 Å². The van der Waals surface area contributed by atoms with Crippen molar-refractivity contribution in [2.24, 2.45) is 0 Å². The molecule has 0 aliphatic rings. The molecule has 5 N–H and O–H groups in total. The zero-order valence-corrected chi connectivity index (χ0v) is 15.5. The van der Waals surface area contributed by atoms with Crippen LogP contribution in [-0.4, -0.2) is 45.2 Å². The molecule has 0 radical (unpaired) electrons. The van der Waals surface area contributed by atoms with E-state index < -0.39 is 17.6 Å². The number of aromatic nitrogens is 4. The highest BCUT2D eigenvalue weighted by Crippen LogP contribution is 2.35. The molecule has 0 atom stereocenters. The molecule has 0 saturated heterocycles. The Kier molecular flexibility index (Phi) is 5.53. The van der Waals surface area contributed by atoms with E-state index in [2.05, 4.69) is 31.0 Å². The van der Waals surface area contributed by atoms with Crippen molar-refractivity contribution in [3.8, 4) is 11.3 Å². The van der Waals surface area contributed by atoms with Crippen molar-refractivity contribution in [3.05, 3.63) is 24.0 Å². The molecule has 0 saturated carbocycles. The number of amides is 2. The lowest BCUT2D eigenvalue weighted by Crippen LogP contribution is -2.37. The molecule has 28 heavy (non-hydrogen) atoms. The number of fused-ring (bicyclic) bond motifs is 1. The van der Waals surface area contributed by atoms with Gasteiger partial charge in [0.15, 0.2) is 0 Å². The summed E-state index contributed by atoms with van der Waals surface area (Å²) in [5, 5.41) is 13.2. The minimum atomic E-state index is -4.60. The Balaban J connectivity index is 1.68. The number of nitrogens with one attached hydrogen (secondary N) is 3. The Morgan fingerprint density at radius 3 is 2.79 bits per heavy atom. The molecule has 0 unspecified atom stereocenters. The first-order valence-corrected chi connectivity index (χ1v) is 9.04. The van der Waals surface area contributed by atoms with E-state index in [0.717, 1.165) is 6.07 Å². The van der Waals surface area contributed by atoms with E-state index >= 15 is 0 Å². The van der Waals surface area contributed by atoms with Crippen LogP contribution in [-0.2, 0) is 6.18 Å². The van der Waals surface area contributed by atoms with Crippen LogP contribution in [0.4, 0.5) is 28.9 Å². The van der Waals surface area contributed by atoms with Crippen LogP contribution in [0.15, 0.2) is 18.5 Å². The van der Waals surface area contributed by atoms with Gasteiger partial charge in [-0.3, -0.25) is 0 Å². The van der Waals surface area contributed by atoms with Crippen molar-refractivity contribution >= 4 is 33.3 Å². The van der Waals surface area contributed by atoms with Gasteiger partial charge in [0.25, 0.3) is 0 Å². The van der Waals surface area contributed by atoms with E-state index in [9.17, 15) is 18.0 Å². The van der Waals surface area contributed by atoms with Gasteiger partial charge in [0, 0.05) is 31.4 Å². The number of carbonyl (C=O) groups excluding carboxylic acids is 1. The molecule has 2 amide bonds. The number of imidazole rings is 1. The number of rotatable bonds is 6. The summed E-state index contributed by atoms with van der Waals surface area (Å²) in [7, 11) is 0. The zero-order valence-electron chi connectivity index (χ0n) is 14.7. The van der Waals surface area contributed by atoms with Crippen molar-refractivity contribution in [1.29, 1.82) is 0 Å². The third-order valence-electron chi connectivity index (χ3n) is 3.59. The first kappa shape index (κ1) is 19.7. The van der Waals surface area contributed by atoms with Crippen LogP contribution in [0.1, 0.15) is 12.5 Å². The molecule has 3 aromatic heterocycles. The summed E-state index contributed by atoms with van der Waals surface area (Å²) in [6.07, 6.45) is -1.85. The summed E-state index contributed by atoms with van der Waals surface area (Å²) in [6, 6.07) is 0.666. The second-order valence-corrected chi connectivity index (χ2v) is 6.58. The van der Waals surface area contributed by atoms with Gasteiger partial charge in [-0.15, -0.1) is 5.10 Å². The van der Waals surface area contributed by atoms with E-state index in [1.165, 1.54) is 28.2 Å². The maximum Gasteiger partial charge on any atom is 0.419 e. The molecule has 0 aromatic carbocycles. The predicted molar refractivity (Wildman–Crippen MR) is 99.1 cm³/mol. The number of urea groups is 1. The molecular formula is C15H17F3N8OS. The van der Waals surface area contributed by atoms with Gasteiger partial charge in [-0.05, 0) is 13.0 Å². The lowest BCUT2D eigenvalue weighted by molar-refractivity contribution is -0.137. The number of hydrogen-bond donors (Lipinski definition) is 4. The van der Waals surface area contributed by atoms with Gasteiger partial charge in [-0.2, -0.15) is 13.2 Å². The SMILES string of the molecule is CCNC(=O)NCCNc1nn2cc(-c3cnc(N)c(C(F)(F)F)c3)nc2s1. The molecule has 3 aromatic rings. The third kappa shape index (κ3) is 4.42. The average molecular weight is 414 g/mol. The van der Waals surface area contributed by atoms with E-state index in [1.54, 1.807) is 0 Å². The Morgan fingerprint density at radius 2 is 2.11 bits per heavy atom. The molecule has 0 fully saturated rings. The highest BCUT2D eigenvalue weighted by atomic mass is 32.1. The highest BCUT2D eigenvalue weighted by Gasteiger charge is 2.34. The minimum absolute atomic E-state index is 0.194. The second kappa shape index (κ2) is 7.88. The van der Waals surface area contributed by atoms with Crippen molar-refractivity contribution in [2.45, 2.75) is 13.1 Å². The Bertz CT molecular complexity index is 952. The minimum Gasteiger partial charge on any atom is -0.383 e. The summed E-state index contributed by atoms with van der Waals surface area (Å²) in [5.74, 6) is -0.580. The monoisotopic (exact) mass is 414 g/mol. The first-order chi connectivity index (χ1) is 13.3. The van der Waals surface area contributed by atoms with Crippen LogP contribution in [0.3, 0.4) is 0 Å². The van der Waals surface area contributed by atoms with Gasteiger partial charge < -0.3 is 21.7 Å². The number of nitrogens with zero attached hydrogens (tertiary/aromatic N) is 4. The number of alkyl halides is 3. The van der Waals surface area contributed by atoms with Crippen LogP contribution in [0.5, 0.6) is 0 Å². The normalized spacial score (nSPS) is 11.6. The predicted octanol–water partition coefficient (Wildman–Crippen LogP) is 2.18. The largest absolute Gasteiger partial charge is 0.419 e. The van der Waals surface area contributed by atoms with E-state index in [-0.39, 0.29) is 11.6 Å². The van der Waals surface area contributed by atoms with Crippen LogP contribution in [0.25, 0.3) is 16.2 Å². The van der Waals surface area contributed by atoms with Crippen LogP contribution in [0.2, 0.25) is 0 Å². The summed E-state index contributed by atoms with van der Waals surface area (Å²) in [6.45, 7) is 3.22. The Hall–Kier alpha value is -3.09. The number of hydrogen-bond acceptors (Lipinski definition) is 7. The van der Waals surface area contributed by atoms with Crippen LogP contribution >= 0.6 is 11.3 Å². The fourth-order valence-electron chi connectivity index (χ4n) is 2.32. The van der Waals surface area contributed by atoms with Crippen molar-refractivity contribution in [3.63, 3.8) is 0 Å². The topological polar surface area (TPSA) is 122 Å². The van der Waals surface area contributed by atoms with Gasteiger partial charge in [0.2, 0.25) is 10.1 Å². The zero-order chi connectivity index (χ0) is 20.3. The fraction of sp³-hybridized carbons (Fsp3) is 0.333. The maximum absolute atomic E-state index is 13.0. The molecule has 0 bridgehead atoms. The molecule has 0 spiro atoms. The number of nitrogens with two attached hydrogens (primary N) is 1. The number of halogens is 3. The smallest absolute Gasteiger partial charge is 0.383 e. The number of pyridine rings is 1. The van der Waals surface area contributed by atoms with Crippen molar-refractivity contribution < 1.29 is 18.0 Å². The number of anilines is 2. The van der Waals surface area contributed by atoms with Crippen molar-refractivity contribution in [1.82, 2.24) is 30.2 Å². The lowest BCUT2D eigenvalue weighted by atomic mass is 10.1. The summed E-state index contributed by atoms with van der Waals surface area (Å²) < 4.78 is 40.4. The van der Waals surface area contributed by atoms with E-state index in [0.29, 0.717) is 35.4 Å². The summed E-state index contributed by atoms with van der Waals surface area (Å²) in [4.78, 5) is 19.7. The van der Waals surface area contributed by atoms with Crippen molar-refractivity contribution in [2.75, 3.05) is 30.7 Å². The Morgan fingerprint density at radius 1 is 1.32 bits per heavy atom. The first-order valence-electron chi connectivity index (χ1n) is 8.22. The summed E-state index contributed by atoms with van der Waals surface area (Å²) >= 11 is 1.23. The van der Waals surface area contributed by atoms with Gasteiger partial charge in [0.05, 0.1) is 17.5 Å². The average Bonchev–Trinajstić information content (AvgIpc) is 3.17. The maximum atomic E-state index is 13.0. The molecule has 0 aliphatic heterocycles. The Labute approximate surface area is 161 Å². The number of carbonyl (C=O) groups is 1. The molecule has 13 heteroatoms. The molecule has 3 heterocycles. The fourth-order valence-corrected chi connectivity index (χ4v) is 3.13. The quantitative estimate of drug-likeness (QED) is 0.459. The standard InChI is InChI=1S/C15H17F3N8OS/c1-2-20-12(27)21-3-4-22-13-25-26-7-10(24-14(26)28-13)8-5-9(15(16,17)18)11(19)23-6-8/h5-7H,2-4H2,1H3,(H2,19,23)(H,22,25)(H2,20,21,27). The molecule has 150 valence electrons. The lowest BCUT2D eigenvalue weighted by Gasteiger charge is -2.09. The van der Waals surface area contributed by atoms with E-state index in [1.807, 2.05) is 6.92 Å². The third-order valence-corrected chi connectivity index (χ3v) is 4.47. The molecule has 0 aliphatic carbocycles. The van der Waals surface area contributed by atoms with Gasteiger partial charge in [-0.25, -0.2) is 19.3 Å². The second-order valence-electron chi connectivity index (χ2n) is 5.63. The molecule has 3 rings (SSSR count). The number of nitrogen functional groups attached to an aromatic ring is 1. The van der Waals surface area contributed by atoms with Crippen LogP contribution < -0.4 is 21.7 Å². The summed E-state index contributed by atoms with van der Waals surface area (Å²) in [5.41, 5.74) is 4.81. The molecule has 9 nitrogen and oxygen atoms in total. The molecular weight excluding hydrogens is 397 g/mol. The van der Waals surface area contributed by atoms with Gasteiger partial charge in [-0.1, -0.05) is 11.3 Å². The van der Waals surface area contributed by atoms with Gasteiger partial charge >= 0.3 is 12.2 Å². The highest BCUT2D eigenvalue weighted by molar-refractivity contribution is 7.20.